The van der Waals surface area contributed by atoms with Gasteiger partial charge in [-0.1, -0.05) is 24.3 Å². The maximum Gasteiger partial charge on any atom is 0.288 e. The van der Waals surface area contributed by atoms with Gasteiger partial charge in [-0.3, -0.25) is 10.1 Å². The molecule has 0 amide bonds. The molecule has 23 heavy (non-hydrogen) atoms. The molecule has 0 atom stereocenters. The van der Waals surface area contributed by atoms with E-state index in [1.807, 2.05) is 30.3 Å². The van der Waals surface area contributed by atoms with Crippen molar-refractivity contribution >= 4 is 16.5 Å². The summed E-state index contributed by atoms with van der Waals surface area (Å²) in [5.41, 5.74) is 0.536. The molecule has 6 nitrogen and oxygen atoms in total. The quantitative estimate of drug-likeness (QED) is 0.532. The SMILES string of the molecule is COc1ccc(Oc2ncc([N+](=O)[O-])cc2C)c2ccccc12. The normalized spacial score (nSPS) is 10.5. The summed E-state index contributed by atoms with van der Waals surface area (Å²) >= 11 is 0. The second-order valence-corrected chi connectivity index (χ2v) is 4.99. The van der Waals surface area contributed by atoms with E-state index >= 15 is 0 Å². The van der Waals surface area contributed by atoms with Crippen LogP contribution in [0.1, 0.15) is 5.56 Å². The van der Waals surface area contributed by atoms with Crippen LogP contribution in [-0.4, -0.2) is 17.0 Å². The molecule has 0 saturated carbocycles. The molecule has 0 aliphatic carbocycles. The summed E-state index contributed by atoms with van der Waals surface area (Å²) in [6.07, 6.45) is 1.19. The highest BCUT2D eigenvalue weighted by Crippen LogP contribution is 2.35. The maximum absolute atomic E-state index is 10.8. The first-order valence-electron chi connectivity index (χ1n) is 6.95. The number of benzene rings is 2. The predicted octanol–water partition coefficient (Wildman–Crippen LogP) is 4.25. The van der Waals surface area contributed by atoms with Gasteiger partial charge in [0.1, 0.15) is 17.7 Å². The molecule has 116 valence electrons. The number of hydrogen-bond donors (Lipinski definition) is 0. The molecule has 3 rings (SSSR count). The van der Waals surface area contributed by atoms with Gasteiger partial charge in [0.2, 0.25) is 5.88 Å². The van der Waals surface area contributed by atoms with E-state index in [4.69, 9.17) is 9.47 Å². The largest absolute Gasteiger partial charge is 0.496 e. The van der Waals surface area contributed by atoms with E-state index in [-0.39, 0.29) is 5.69 Å². The van der Waals surface area contributed by atoms with Crippen LogP contribution in [0.15, 0.2) is 48.7 Å². The van der Waals surface area contributed by atoms with Gasteiger partial charge >= 0.3 is 0 Å². The number of hydrogen-bond acceptors (Lipinski definition) is 5. The van der Waals surface area contributed by atoms with E-state index in [0.29, 0.717) is 17.2 Å². The van der Waals surface area contributed by atoms with Crippen molar-refractivity contribution in [1.29, 1.82) is 0 Å². The van der Waals surface area contributed by atoms with Gasteiger partial charge in [-0.15, -0.1) is 0 Å². The topological polar surface area (TPSA) is 74.5 Å². The highest BCUT2D eigenvalue weighted by molar-refractivity contribution is 5.93. The molecule has 0 aliphatic rings. The van der Waals surface area contributed by atoms with Crippen molar-refractivity contribution in [3.05, 3.63) is 64.3 Å². The summed E-state index contributed by atoms with van der Waals surface area (Å²) in [7, 11) is 1.62. The number of rotatable bonds is 4. The van der Waals surface area contributed by atoms with Gasteiger partial charge in [0.05, 0.1) is 12.0 Å². The summed E-state index contributed by atoms with van der Waals surface area (Å²) in [5, 5.41) is 12.6. The van der Waals surface area contributed by atoms with Crippen LogP contribution in [0, 0.1) is 17.0 Å². The molecule has 1 heterocycles. The standard InChI is InChI=1S/C17H14N2O4/c1-11-9-12(19(20)21)10-18-17(11)23-16-8-7-15(22-2)13-5-3-4-6-14(13)16/h3-10H,1-2H3. The van der Waals surface area contributed by atoms with Crippen molar-refractivity contribution in [3.8, 4) is 17.4 Å². The fourth-order valence-electron chi connectivity index (χ4n) is 2.37. The van der Waals surface area contributed by atoms with Gasteiger partial charge in [0.15, 0.2) is 0 Å². The zero-order chi connectivity index (χ0) is 16.4. The van der Waals surface area contributed by atoms with Crippen molar-refractivity contribution in [2.24, 2.45) is 0 Å². The van der Waals surface area contributed by atoms with E-state index in [2.05, 4.69) is 4.98 Å². The van der Waals surface area contributed by atoms with Gasteiger partial charge in [-0.25, -0.2) is 4.98 Å². The van der Waals surface area contributed by atoms with E-state index in [9.17, 15) is 10.1 Å². The monoisotopic (exact) mass is 310 g/mol. The minimum Gasteiger partial charge on any atom is -0.496 e. The Bertz CT molecular complexity index is 893. The van der Waals surface area contributed by atoms with Crippen LogP contribution in [0.2, 0.25) is 0 Å². The number of nitro groups is 1. The van der Waals surface area contributed by atoms with Crippen LogP contribution in [0.3, 0.4) is 0 Å². The van der Waals surface area contributed by atoms with Gasteiger partial charge in [-0.2, -0.15) is 0 Å². The van der Waals surface area contributed by atoms with E-state index in [0.717, 1.165) is 16.5 Å². The van der Waals surface area contributed by atoms with Crippen molar-refractivity contribution in [3.63, 3.8) is 0 Å². The molecule has 2 aromatic carbocycles. The second kappa shape index (κ2) is 5.92. The predicted molar refractivity (Wildman–Crippen MR) is 86.2 cm³/mol. The lowest BCUT2D eigenvalue weighted by Gasteiger charge is -2.12. The van der Waals surface area contributed by atoms with Crippen molar-refractivity contribution in [1.82, 2.24) is 4.98 Å². The molecular weight excluding hydrogens is 296 g/mol. The Balaban J connectivity index is 2.04. The summed E-state index contributed by atoms with van der Waals surface area (Å²) in [6.45, 7) is 1.72. The summed E-state index contributed by atoms with van der Waals surface area (Å²) in [6, 6.07) is 12.7. The molecule has 0 aliphatic heterocycles. The molecular formula is C17H14N2O4. The third-order valence-corrected chi connectivity index (χ3v) is 3.50. The zero-order valence-electron chi connectivity index (χ0n) is 12.6. The Kier molecular flexibility index (Phi) is 3.80. The lowest BCUT2D eigenvalue weighted by molar-refractivity contribution is -0.385. The average molecular weight is 310 g/mol. The number of aryl methyl sites for hydroxylation is 1. The smallest absolute Gasteiger partial charge is 0.288 e. The maximum atomic E-state index is 10.8. The van der Waals surface area contributed by atoms with Crippen LogP contribution in [-0.2, 0) is 0 Å². The zero-order valence-corrected chi connectivity index (χ0v) is 12.6. The first-order valence-corrected chi connectivity index (χ1v) is 6.95. The van der Waals surface area contributed by atoms with E-state index in [1.54, 1.807) is 20.1 Å². The molecule has 0 unspecified atom stereocenters. The molecule has 0 N–H and O–H groups in total. The fraction of sp³-hybridized carbons (Fsp3) is 0.118. The Morgan fingerprint density at radius 1 is 1.09 bits per heavy atom. The molecule has 0 saturated heterocycles. The highest BCUT2D eigenvalue weighted by Gasteiger charge is 2.13. The Labute approximate surface area is 132 Å². The van der Waals surface area contributed by atoms with Crippen LogP contribution >= 0.6 is 0 Å². The van der Waals surface area contributed by atoms with E-state index < -0.39 is 4.92 Å². The molecule has 1 aromatic heterocycles. The van der Waals surface area contributed by atoms with Crippen molar-refractivity contribution in [2.45, 2.75) is 6.92 Å². The van der Waals surface area contributed by atoms with Crippen LogP contribution in [0.25, 0.3) is 10.8 Å². The second-order valence-electron chi connectivity index (χ2n) is 4.99. The number of pyridine rings is 1. The summed E-state index contributed by atoms with van der Waals surface area (Å²) in [5.74, 6) is 1.71. The lowest BCUT2D eigenvalue weighted by Crippen LogP contribution is -1.96. The molecule has 0 fully saturated rings. The van der Waals surface area contributed by atoms with Crippen molar-refractivity contribution in [2.75, 3.05) is 7.11 Å². The van der Waals surface area contributed by atoms with E-state index in [1.165, 1.54) is 12.3 Å². The molecule has 0 radical (unpaired) electrons. The lowest BCUT2D eigenvalue weighted by atomic mass is 10.1. The number of ether oxygens (including phenoxy) is 2. The minimum absolute atomic E-state index is 0.0607. The number of aromatic nitrogens is 1. The van der Waals surface area contributed by atoms with Gasteiger partial charge in [0.25, 0.3) is 5.69 Å². The van der Waals surface area contributed by atoms with Gasteiger partial charge < -0.3 is 9.47 Å². The Morgan fingerprint density at radius 2 is 1.74 bits per heavy atom. The summed E-state index contributed by atoms with van der Waals surface area (Å²) in [4.78, 5) is 14.3. The molecule has 6 heteroatoms. The Morgan fingerprint density at radius 3 is 2.35 bits per heavy atom. The van der Waals surface area contributed by atoms with Gasteiger partial charge in [-0.05, 0) is 19.1 Å². The number of fused-ring (bicyclic) bond motifs is 1. The third-order valence-electron chi connectivity index (χ3n) is 3.50. The molecule has 0 spiro atoms. The van der Waals surface area contributed by atoms with Crippen LogP contribution in [0.5, 0.6) is 17.4 Å². The number of nitrogens with zero attached hydrogens (tertiary/aromatic N) is 2. The number of methoxy groups -OCH3 is 1. The molecule has 3 aromatic rings. The average Bonchev–Trinajstić information content (AvgIpc) is 2.56. The van der Waals surface area contributed by atoms with Crippen LogP contribution in [0.4, 0.5) is 5.69 Å². The van der Waals surface area contributed by atoms with Crippen LogP contribution < -0.4 is 9.47 Å². The van der Waals surface area contributed by atoms with Crippen molar-refractivity contribution < 1.29 is 14.4 Å². The van der Waals surface area contributed by atoms with Gasteiger partial charge in [0, 0.05) is 22.4 Å². The highest BCUT2D eigenvalue weighted by atomic mass is 16.6. The molecule has 0 bridgehead atoms. The minimum atomic E-state index is -0.480. The third kappa shape index (κ3) is 2.78. The first-order chi connectivity index (χ1) is 11.1. The summed E-state index contributed by atoms with van der Waals surface area (Å²) < 4.78 is 11.2. The Hall–Kier alpha value is -3.15. The fourth-order valence-corrected chi connectivity index (χ4v) is 2.37. The first kappa shape index (κ1) is 14.8.